The molecule has 3 aromatic rings. The van der Waals surface area contributed by atoms with Crippen LogP contribution in [0.15, 0.2) is 77.7 Å². The van der Waals surface area contributed by atoms with E-state index in [0.29, 0.717) is 11.3 Å². The van der Waals surface area contributed by atoms with Gasteiger partial charge >= 0.3 is 0 Å². The first-order chi connectivity index (χ1) is 16.2. The van der Waals surface area contributed by atoms with Gasteiger partial charge in [0.25, 0.3) is 0 Å². The summed E-state index contributed by atoms with van der Waals surface area (Å²) in [4.78, 5) is 12.8. The number of nitrogens with one attached hydrogen (secondary N) is 2. The third kappa shape index (κ3) is 6.19. The van der Waals surface area contributed by atoms with Crippen LogP contribution in [0.1, 0.15) is 22.7 Å². The topological polar surface area (TPSA) is 87.7 Å². The minimum atomic E-state index is -3.64. The van der Waals surface area contributed by atoms with Crippen molar-refractivity contribution >= 4 is 15.9 Å². The van der Waals surface area contributed by atoms with Crippen LogP contribution in [0.5, 0.6) is 5.75 Å². The Labute approximate surface area is 199 Å². The van der Waals surface area contributed by atoms with E-state index in [1.165, 1.54) is 32.3 Å². The van der Waals surface area contributed by atoms with E-state index in [-0.39, 0.29) is 35.8 Å². The lowest BCUT2D eigenvalue weighted by Crippen LogP contribution is -2.36. The van der Waals surface area contributed by atoms with E-state index in [2.05, 4.69) is 10.6 Å². The van der Waals surface area contributed by atoms with Crippen molar-refractivity contribution in [3.8, 4) is 5.75 Å². The van der Waals surface area contributed by atoms with Crippen LogP contribution < -0.4 is 15.4 Å². The van der Waals surface area contributed by atoms with Crippen molar-refractivity contribution in [2.75, 3.05) is 27.7 Å². The first-order valence-electron chi connectivity index (χ1n) is 10.6. The molecule has 9 heteroatoms. The third-order valence-corrected chi connectivity index (χ3v) is 7.24. The maximum Gasteiger partial charge on any atom is 0.242 e. The van der Waals surface area contributed by atoms with Gasteiger partial charge in [-0.05, 0) is 47.0 Å². The number of rotatable bonds is 10. The first-order valence-corrected chi connectivity index (χ1v) is 12.1. The van der Waals surface area contributed by atoms with Crippen molar-refractivity contribution in [2.45, 2.75) is 17.5 Å². The average molecular weight is 486 g/mol. The van der Waals surface area contributed by atoms with Gasteiger partial charge < -0.3 is 10.1 Å². The van der Waals surface area contributed by atoms with E-state index < -0.39 is 10.0 Å². The highest BCUT2D eigenvalue weighted by molar-refractivity contribution is 7.89. The number of methoxy groups -OCH3 is 1. The Morgan fingerprint density at radius 2 is 1.56 bits per heavy atom. The fraction of sp³-hybridized carbons (Fsp3) is 0.240. The zero-order valence-corrected chi connectivity index (χ0v) is 20.1. The maximum atomic E-state index is 13.4. The van der Waals surface area contributed by atoms with Crippen molar-refractivity contribution in [1.29, 1.82) is 0 Å². The second-order valence-corrected chi connectivity index (χ2v) is 9.93. The summed E-state index contributed by atoms with van der Waals surface area (Å²) >= 11 is 0. The molecule has 180 valence electrons. The summed E-state index contributed by atoms with van der Waals surface area (Å²) in [5, 5.41) is 5.98. The van der Waals surface area contributed by atoms with Crippen molar-refractivity contribution < 1.29 is 22.3 Å². The van der Waals surface area contributed by atoms with Gasteiger partial charge in [-0.3, -0.25) is 10.1 Å². The van der Waals surface area contributed by atoms with E-state index in [9.17, 15) is 17.6 Å². The molecule has 1 atom stereocenters. The van der Waals surface area contributed by atoms with E-state index in [1.807, 2.05) is 24.3 Å². The van der Waals surface area contributed by atoms with Gasteiger partial charge in [-0.15, -0.1) is 0 Å². The zero-order chi connectivity index (χ0) is 24.7. The second-order valence-electron chi connectivity index (χ2n) is 7.81. The molecule has 0 radical (unpaired) electrons. The Morgan fingerprint density at radius 1 is 0.971 bits per heavy atom. The van der Waals surface area contributed by atoms with Gasteiger partial charge in [0.1, 0.15) is 11.6 Å². The lowest BCUT2D eigenvalue weighted by molar-refractivity contribution is -0.120. The molecule has 0 saturated heterocycles. The monoisotopic (exact) mass is 485 g/mol. The van der Waals surface area contributed by atoms with Gasteiger partial charge in [0.2, 0.25) is 15.9 Å². The molecule has 0 aliphatic rings. The first kappa shape index (κ1) is 25.4. The SMILES string of the molecule is COc1ccc(C(NCC(=O)NCc2ccccc2S(=O)(=O)N(C)C)c2ccc(F)cc2)cc1. The van der Waals surface area contributed by atoms with E-state index in [1.54, 1.807) is 37.4 Å². The molecule has 0 bridgehead atoms. The summed E-state index contributed by atoms with van der Waals surface area (Å²) in [6.07, 6.45) is 0. The van der Waals surface area contributed by atoms with Crippen LogP contribution in [-0.2, 0) is 21.4 Å². The number of ether oxygens (including phenoxy) is 1. The number of benzene rings is 3. The minimum Gasteiger partial charge on any atom is -0.497 e. The quantitative estimate of drug-likeness (QED) is 0.461. The number of hydrogen-bond donors (Lipinski definition) is 2. The highest BCUT2D eigenvalue weighted by Gasteiger charge is 2.21. The van der Waals surface area contributed by atoms with Crippen LogP contribution in [0.2, 0.25) is 0 Å². The summed E-state index contributed by atoms with van der Waals surface area (Å²) in [5.41, 5.74) is 2.17. The molecule has 3 rings (SSSR count). The van der Waals surface area contributed by atoms with Gasteiger partial charge in [0.05, 0.1) is 24.6 Å². The van der Waals surface area contributed by atoms with Gasteiger partial charge in [-0.2, -0.15) is 0 Å². The van der Waals surface area contributed by atoms with Gasteiger partial charge in [-0.1, -0.05) is 42.5 Å². The highest BCUT2D eigenvalue weighted by atomic mass is 32.2. The van der Waals surface area contributed by atoms with E-state index in [0.717, 1.165) is 15.4 Å². The van der Waals surface area contributed by atoms with Crippen LogP contribution in [0.4, 0.5) is 4.39 Å². The average Bonchev–Trinajstić information content (AvgIpc) is 2.84. The number of carbonyl (C=O) groups excluding carboxylic acids is 1. The Balaban J connectivity index is 1.71. The lowest BCUT2D eigenvalue weighted by atomic mass is 9.98. The zero-order valence-electron chi connectivity index (χ0n) is 19.3. The maximum absolute atomic E-state index is 13.4. The van der Waals surface area contributed by atoms with Crippen molar-refractivity contribution in [3.05, 3.63) is 95.3 Å². The molecular formula is C25H28FN3O4S. The van der Waals surface area contributed by atoms with E-state index >= 15 is 0 Å². The number of nitrogens with zero attached hydrogens (tertiary/aromatic N) is 1. The second kappa shape index (κ2) is 11.2. The highest BCUT2D eigenvalue weighted by Crippen LogP contribution is 2.24. The summed E-state index contributed by atoms with van der Waals surface area (Å²) in [6, 6.07) is 19.6. The van der Waals surface area contributed by atoms with Crippen molar-refractivity contribution in [2.24, 2.45) is 0 Å². The molecule has 0 spiro atoms. The van der Waals surface area contributed by atoms with Crippen LogP contribution in [-0.4, -0.2) is 46.4 Å². The smallest absolute Gasteiger partial charge is 0.242 e. The van der Waals surface area contributed by atoms with E-state index in [4.69, 9.17) is 4.74 Å². The molecule has 2 N–H and O–H groups in total. The largest absolute Gasteiger partial charge is 0.497 e. The summed E-state index contributed by atoms with van der Waals surface area (Å²) < 4.78 is 44.9. The van der Waals surface area contributed by atoms with Crippen LogP contribution in [0.3, 0.4) is 0 Å². The predicted molar refractivity (Wildman–Crippen MR) is 128 cm³/mol. The number of amides is 1. The molecule has 0 aliphatic heterocycles. The molecule has 3 aromatic carbocycles. The Bertz CT molecular complexity index is 1210. The molecule has 1 unspecified atom stereocenters. The molecule has 7 nitrogen and oxygen atoms in total. The van der Waals surface area contributed by atoms with Crippen LogP contribution in [0.25, 0.3) is 0 Å². The fourth-order valence-electron chi connectivity index (χ4n) is 3.43. The molecule has 0 heterocycles. The van der Waals surface area contributed by atoms with Crippen LogP contribution in [0, 0.1) is 5.82 Å². The third-order valence-electron chi connectivity index (χ3n) is 5.33. The molecule has 0 aromatic heterocycles. The Kier molecular flexibility index (Phi) is 8.38. The van der Waals surface area contributed by atoms with Crippen molar-refractivity contribution in [3.63, 3.8) is 0 Å². The van der Waals surface area contributed by atoms with Gasteiger partial charge in [0, 0.05) is 20.6 Å². The lowest BCUT2D eigenvalue weighted by Gasteiger charge is -2.20. The fourth-order valence-corrected chi connectivity index (χ4v) is 4.54. The molecule has 0 saturated carbocycles. The number of sulfonamides is 1. The molecule has 0 fully saturated rings. The number of carbonyl (C=O) groups is 1. The normalized spacial score (nSPS) is 12.4. The number of hydrogen-bond acceptors (Lipinski definition) is 5. The Morgan fingerprint density at radius 3 is 2.15 bits per heavy atom. The minimum absolute atomic E-state index is 0.0311. The Hall–Kier alpha value is -3.27. The standard InChI is InChI=1S/C25H28FN3O4S/c1-29(2)34(31,32)23-7-5-4-6-20(23)16-27-24(30)17-28-25(18-8-12-21(26)13-9-18)19-10-14-22(33-3)15-11-19/h4-15,25,28H,16-17H2,1-3H3,(H,27,30). The summed E-state index contributed by atoms with van der Waals surface area (Å²) in [5.74, 6) is 0.0460. The molecule has 1 amide bonds. The van der Waals surface area contributed by atoms with Crippen molar-refractivity contribution in [1.82, 2.24) is 14.9 Å². The van der Waals surface area contributed by atoms with Gasteiger partial charge in [0.15, 0.2) is 0 Å². The predicted octanol–water partition coefficient (Wildman–Crippen LogP) is 3.08. The summed E-state index contributed by atoms with van der Waals surface area (Å²) in [7, 11) is 0.867. The van der Waals surface area contributed by atoms with Gasteiger partial charge in [-0.25, -0.2) is 17.1 Å². The summed E-state index contributed by atoms with van der Waals surface area (Å²) in [6.45, 7) is 0.0319. The van der Waals surface area contributed by atoms with Crippen LogP contribution >= 0.6 is 0 Å². The molecule has 0 aliphatic carbocycles. The number of halogens is 1. The molecular weight excluding hydrogens is 457 g/mol. The molecule has 34 heavy (non-hydrogen) atoms.